The molecule has 3 aromatic rings. The fourth-order valence-corrected chi connectivity index (χ4v) is 3.57. The lowest BCUT2D eigenvalue weighted by Crippen LogP contribution is -2.36. The lowest BCUT2D eigenvalue weighted by Gasteiger charge is -2.27. The van der Waals surface area contributed by atoms with Crippen LogP contribution in [0.4, 0.5) is 0 Å². The molecule has 1 amide bonds. The normalized spacial score (nSPS) is 13.5. The Morgan fingerprint density at radius 2 is 2.07 bits per heavy atom. The van der Waals surface area contributed by atoms with Crippen LogP contribution in [0.15, 0.2) is 28.8 Å². The first-order valence-corrected chi connectivity index (χ1v) is 9.31. The molecule has 0 radical (unpaired) electrons. The third-order valence-corrected chi connectivity index (χ3v) is 5.11. The summed E-state index contributed by atoms with van der Waals surface area (Å²) < 4.78 is 12.3. The van der Waals surface area contributed by atoms with E-state index in [0.717, 1.165) is 29.0 Å². The molecule has 0 spiro atoms. The number of carbonyl (C=O) groups is 1. The molecule has 0 bridgehead atoms. The van der Waals surface area contributed by atoms with E-state index in [1.165, 1.54) is 0 Å². The second-order valence-corrected chi connectivity index (χ2v) is 6.96. The summed E-state index contributed by atoms with van der Waals surface area (Å²) >= 11 is 0. The molecule has 1 aliphatic heterocycles. The molecule has 0 unspecified atom stereocenters. The molecule has 3 heterocycles. The van der Waals surface area contributed by atoms with Crippen LogP contribution in [0.3, 0.4) is 0 Å². The molecule has 1 aromatic carbocycles. The fourth-order valence-electron chi connectivity index (χ4n) is 3.57. The van der Waals surface area contributed by atoms with E-state index in [1.807, 2.05) is 40.9 Å². The van der Waals surface area contributed by atoms with Crippen LogP contribution in [0.25, 0.3) is 11.6 Å². The third kappa shape index (κ3) is 3.49. The van der Waals surface area contributed by atoms with Crippen molar-refractivity contribution in [2.24, 2.45) is 7.05 Å². The Morgan fingerprint density at radius 1 is 1.29 bits per heavy atom. The van der Waals surface area contributed by atoms with Gasteiger partial charge in [-0.15, -0.1) is 0 Å². The van der Waals surface area contributed by atoms with Crippen LogP contribution < -0.4 is 4.74 Å². The van der Waals surface area contributed by atoms with Gasteiger partial charge in [0, 0.05) is 44.2 Å². The standard InChI is InChI=1S/C20H23N5O3/c1-13-21-20(28-23-13)19-16-12-25(11-10-17(16)24(2)22-19)18(26)9-6-14-4-7-15(27-3)8-5-14/h4-5,7-8H,6,9-12H2,1-3H3. The molecule has 0 atom stereocenters. The highest BCUT2D eigenvalue weighted by Gasteiger charge is 2.29. The van der Waals surface area contributed by atoms with Crippen LogP contribution in [-0.2, 0) is 31.2 Å². The van der Waals surface area contributed by atoms with Gasteiger partial charge in [-0.2, -0.15) is 10.1 Å². The largest absolute Gasteiger partial charge is 0.497 e. The van der Waals surface area contributed by atoms with Gasteiger partial charge < -0.3 is 14.2 Å². The monoisotopic (exact) mass is 381 g/mol. The van der Waals surface area contributed by atoms with E-state index in [4.69, 9.17) is 9.26 Å². The van der Waals surface area contributed by atoms with Gasteiger partial charge in [0.05, 0.1) is 7.11 Å². The topological polar surface area (TPSA) is 86.3 Å². The van der Waals surface area contributed by atoms with Crippen molar-refractivity contribution in [2.45, 2.75) is 32.7 Å². The fraction of sp³-hybridized carbons (Fsp3) is 0.400. The van der Waals surface area contributed by atoms with E-state index in [-0.39, 0.29) is 5.91 Å². The van der Waals surface area contributed by atoms with Gasteiger partial charge in [0.1, 0.15) is 5.75 Å². The van der Waals surface area contributed by atoms with Gasteiger partial charge in [0.25, 0.3) is 5.89 Å². The minimum absolute atomic E-state index is 0.137. The van der Waals surface area contributed by atoms with Crippen LogP contribution >= 0.6 is 0 Å². The smallest absolute Gasteiger partial charge is 0.278 e. The van der Waals surface area contributed by atoms with E-state index in [0.29, 0.717) is 43.3 Å². The maximum atomic E-state index is 12.8. The zero-order chi connectivity index (χ0) is 19.7. The summed E-state index contributed by atoms with van der Waals surface area (Å²) in [6, 6.07) is 7.83. The summed E-state index contributed by atoms with van der Waals surface area (Å²) in [7, 11) is 3.55. The molecule has 146 valence electrons. The summed E-state index contributed by atoms with van der Waals surface area (Å²) in [6.45, 7) is 2.98. The highest BCUT2D eigenvalue weighted by molar-refractivity contribution is 5.77. The summed E-state index contributed by atoms with van der Waals surface area (Å²) in [4.78, 5) is 19.0. The Balaban J connectivity index is 1.46. The van der Waals surface area contributed by atoms with E-state index in [2.05, 4.69) is 15.2 Å². The number of amides is 1. The van der Waals surface area contributed by atoms with Gasteiger partial charge in [-0.1, -0.05) is 17.3 Å². The number of ether oxygens (including phenoxy) is 1. The molecule has 2 aromatic heterocycles. The van der Waals surface area contributed by atoms with Gasteiger partial charge in [0.15, 0.2) is 11.5 Å². The van der Waals surface area contributed by atoms with Crippen molar-refractivity contribution in [3.63, 3.8) is 0 Å². The Hall–Kier alpha value is -3.16. The molecule has 28 heavy (non-hydrogen) atoms. The lowest BCUT2D eigenvalue weighted by atomic mass is 10.0. The number of aryl methyl sites for hydroxylation is 3. The van der Waals surface area contributed by atoms with Crippen LogP contribution in [0.5, 0.6) is 5.75 Å². The van der Waals surface area contributed by atoms with E-state index < -0.39 is 0 Å². The number of hydrogen-bond donors (Lipinski definition) is 0. The highest BCUT2D eigenvalue weighted by atomic mass is 16.5. The molecule has 1 aliphatic rings. The van der Waals surface area contributed by atoms with Crippen molar-refractivity contribution in [3.8, 4) is 17.3 Å². The van der Waals surface area contributed by atoms with Gasteiger partial charge in [-0.3, -0.25) is 9.48 Å². The molecule has 0 aliphatic carbocycles. The SMILES string of the molecule is COc1ccc(CCC(=O)N2CCc3c(c(-c4nc(C)no4)nn3C)C2)cc1. The number of hydrogen-bond acceptors (Lipinski definition) is 6. The van der Waals surface area contributed by atoms with Crippen molar-refractivity contribution < 1.29 is 14.1 Å². The number of aromatic nitrogens is 4. The molecule has 0 saturated heterocycles. The lowest BCUT2D eigenvalue weighted by molar-refractivity contribution is -0.132. The summed E-state index contributed by atoms with van der Waals surface area (Å²) in [5.41, 5.74) is 3.90. The second-order valence-electron chi connectivity index (χ2n) is 6.96. The van der Waals surface area contributed by atoms with Crippen LogP contribution in [0.1, 0.15) is 29.1 Å². The Morgan fingerprint density at radius 3 is 2.75 bits per heavy atom. The third-order valence-electron chi connectivity index (χ3n) is 5.11. The van der Waals surface area contributed by atoms with Gasteiger partial charge in [0.2, 0.25) is 5.91 Å². The summed E-state index contributed by atoms with van der Waals surface area (Å²) in [5.74, 6) is 1.93. The first-order valence-electron chi connectivity index (χ1n) is 9.31. The first kappa shape index (κ1) is 18.2. The zero-order valence-corrected chi connectivity index (χ0v) is 16.3. The van der Waals surface area contributed by atoms with Gasteiger partial charge in [-0.05, 0) is 31.0 Å². The average molecular weight is 381 g/mol. The predicted molar refractivity (Wildman–Crippen MR) is 102 cm³/mol. The Kier molecular flexibility index (Phi) is 4.85. The minimum Gasteiger partial charge on any atom is -0.497 e. The molecular weight excluding hydrogens is 358 g/mol. The van der Waals surface area contributed by atoms with E-state index in [1.54, 1.807) is 14.0 Å². The highest BCUT2D eigenvalue weighted by Crippen LogP contribution is 2.29. The molecule has 4 rings (SSSR count). The maximum Gasteiger partial charge on any atom is 0.278 e. The van der Waals surface area contributed by atoms with Crippen molar-refractivity contribution in [1.82, 2.24) is 24.8 Å². The van der Waals surface area contributed by atoms with Crippen LogP contribution in [0.2, 0.25) is 0 Å². The minimum atomic E-state index is 0.137. The molecule has 0 N–H and O–H groups in total. The number of nitrogens with zero attached hydrogens (tertiary/aromatic N) is 5. The van der Waals surface area contributed by atoms with Crippen molar-refractivity contribution in [3.05, 3.63) is 46.9 Å². The molecule has 0 fully saturated rings. The zero-order valence-electron chi connectivity index (χ0n) is 16.3. The number of benzene rings is 1. The summed E-state index contributed by atoms with van der Waals surface area (Å²) in [6.07, 6.45) is 1.94. The van der Waals surface area contributed by atoms with Crippen LogP contribution in [0, 0.1) is 6.92 Å². The number of carbonyl (C=O) groups excluding carboxylic acids is 1. The number of methoxy groups -OCH3 is 1. The van der Waals surface area contributed by atoms with Crippen molar-refractivity contribution >= 4 is 5.91 Å². The van der Waals surface area contributed by atoms with E-state index in [9.17, 15) is 4.79 Å². The second kappa shape index (κ2) is 7.46. The maximum absolute atomic E-state index is 12.8. The van der Waals surface area contributed by atoms with Gasteiger partial charge >= 0.3 is 0 Å². The molecule has 8 nitrogen and oxygen atoms in total. The Bertz CT molecular complexity index is 990. The number of fused-ring (bicyclic) bond motifs is 1. The number of rotatable bonds is 5. The van der Waals surface area contributed by atoms with Gasteiger partial charge in [-0.25, -0.2) is 0 Å². The van der Waals surface area contributed by atoms with Crippen molar-refractivity contribution in [1.29, 1.82) is 0 Å². The predicted octanol–water partition coefficient (Wildman–Crippen LogP) is 2.30. The quantitative estimate of drug-likeness (QED) is 0.674. The average Bonchev–Trinajstić information content (AvgIpc) is 3.29. The van der Waals surface area contributed by atoms with Crippen molar-refractivity contribution in [2.75, 3.05) is 13.7 Å². The van der Waals surface area contributed by atoms with Crippen LogP contribution in [-0.4, -0.2) is 44.4 Å². The molecule has 0 saturated carbocycles. The molecule has 8 heteroatoms. The Labute approximate surface area is 163 Å². The molecular formula is C20H23N5O3. The van der Waals surface area contributed by atoms with E-state index >= 15 is 0 Å². The first-order chi connectivity index (χ1) is 13.5. The summed E-state index contributed by atoms with van der Waals surface area (Å²) in [5, 5.41) is 8.41.